The first-order valence-electron chi connectivity index (χ1n) is 9.12. The SMILES string of the molecule is CCN.O=P(O)(O)O[C@H]1[C@H](OP(=O)(O)O)[C@@H](OP(=O)(O)O)[C@H](OP(=O)(O)O)[C@@H](OP(=O)(O)O)[C@H]1OP(=O)(O)O. The van der Waals surface area contributed by atoms with Crippen LogP contribution in [0.25, 0.3) is 0 Å². The minimum Gasteiger partial charge on any atom is -0.331 e. The summed E-state index contributed by atoms with van der Waals surface area (Å²) in [5, 5.41) is 0. The third-order valence-electron chi connectivity index (χ3n) is 3.50. The summed E-state index contributed by atoms with van der Waals surface area (Å²) in [7, 11) is -36.1. The first-order valence-corrected chi connectivity index (χ1v) is 18.3. The van der Waals surface area contributed by atoms with Gasteiger partial charge in [0, 0.05) is 0 Å². The maximum atomic E-state index is 11.4. The van der Waals surface area contributed by atoms with E-state index in [1.165, 1.54) is 0 Å². The monoisotopic (exact) mass is 705 g/mol. The van der Waals surface area contributed by atoms with Gasteiger partial charge in [-0.25, -0.2) is 27.4 Å². The molecule has 0 aromatic carbocycles. The van der Waals surface area contributed by atoms with Gasteiger partial charge in [0.1, 0.15) is 36.6 Å². The van der Waals surface area contributed by atoms with Crippen LogP contribution >= 0.6 is 46.9 Å². The van der Waals surface area contributed by atoms with Crippen molar-refractivity contribution in [2.75, 3.05) is 6.54 Å². The van der Waals surface area contributed by atoms with Gasteiger partial charge in [0.05, 0.1) is 0 Å². The van der Waals surface area contributed by atoms with E-state index in [4.69, 9.17) is 64.5 Å². The number of rotatable bonds is 12. The van der Waals surface area contributed by atoms with Gasteiger partial charge in [-0.05, 0) is 6.54 Å². The highest BCUT2D eigenvalue weighted by Crippen LogP contribution is 2.57. The molecule has 0 bridgehead atoms. The quantitative estimate of drug-likeness (QED) is 0.0890. The van der Waals surface area contributed by atoms with E-state index in [-0.39, 0.29) is 0 Å². The molecule has 0 aromatic rings. The normalized spacial score (nSPS) is 27.5. The molecule has 0 spiro atoms. The summed E-state index contributed by atoms with van der Waals surface area (Å²) in [4.78, 5) is 110. The van der Waals surface area contributed by atoms with E-state index in [9.17, 15) is 27.4 Å². The first-order chi connectivity index (χ1) is 17.0. The molecule has 0 aromatic heterocycles. The first kappa shape index (κ1) is 39.6. The smallest absolute Gasteiger partial charge is 0.331 e. The molecule has 31 heteroatoms. The molecule has 0 heterocycles. The minimum atomic E-state index is -6.02. The number of nitrogens with two attached hydrogens (primary N) is 1. The Balaban J connectivity index is 0.00000458. The third kappa shape index (κ3) is 17.4. The molecule has 0 radical (unpaired) electrons. The average Bonchev–Trinajstić information content (AvgIpc) is 2.59. The molecule has 0 unspecified atom stereocenters. The second-order valence-electron chi connectivity index (χ2n) is 6.77. The van der Waals surface area contributed by atoms with Gasteiger partial charge >= 0.3 is 46.9 Å². The highest BCUT2D eigenvalue weighted by Gasteiger charge is 2.62. The van der Waals surface area contributed by atoms with E-state index in [0.717, 1.165) is 6.54 Å². The molecule has 0 amide bonds. The van der Waals surface area contributed by atoms with Crippen LogP contribution in [0.1, 0.15) is 6.92 Å². The number of phosphoric ester groups is 6. The number of hydrogen-bond donors (Lipinski definition) is 13. The molecule has 0 saturated heterocycles. The molecular formula is C8H25NO24P6. The molecule has 0 aliphatic heterocycles. The second kappa shape index (κ2) is 14.4. The fourth-order valence-electron chi connectivity index (χ4n) is 2.79. The molecular weight excluding hydrogens is 680 g/mol. The summed E-state index contributed by atoms with van der Waals surface area (Å²) >= 11 is 0. The van der Waals surface area contributed by atoms with Crippen molar-refractivity contribution in [2.45, 2.75) is 43.5 Å². The van der Waals surface area contributed by atoms with Gasteiger partial charge in [-0.1, -0.05) is 6.92 Å². The molecule has 14 N–H and O–H groups in total. The average molecular weight is 705 g/mol. The molecule has 1 aliphatic carbocycles. The molecule has 236 valence electrons. The molecule has 39 heavy (non-hydrogen) atoms. The Bertz CT molecular complexity index is 845. The molecule has 0 atom stereocenters. The highest BCUT2D eigenvalue weighted by atomic mass is 31.2. The maximum absolute atomic E-state index is 11.4. The van der Waals surface area contributed by atoms with E-state index in [2.05, 4.69) is 27.1 Å². The van der Waals surface area contributed by atoms with Crippen LogP contribution in [0.3, 0.4) is 0 Å². The summed E-state index contributed by atoms with van der Waals surface area (Å²) < 4.78 is 93.1. The number of hydrogen-bond acceptors (Lipinski definition) is 13. The molecule has 25 nitrogen and oxygen atoms in total. The van der Waals surface area contributed by atoms with Crippen LogP contribution in [-0.4, -0.2) is 102 Å². The van der Waals surface area contributed by atoms with E-state index in [1.54, 1.807) is 0 Å². The Hall–Kier alpha value is 0.620. The topological polar surface area (TPSA) is 427 Å². The van der Waals surface area contributed by atoms with Crippen molar-refractivity contribution >= 4 is 46.9 Å². The van der Waals surface area contributed by atoms with Crippen molar-refractivity contribution in [3.63, 3.8) is 0 Å². The van der Waals surface area contributed by atoms with Gasteiger partial charge in [0.25, 0.3) is 0 Å². The van der Waals surface area contributed by atoms with Gasteiger partial charge in [-0.2, -0.15) is 0 Å². The Morgan fingerprint density at radius 2 is 0.487 bits per heavy atom. The zero-order valence-electron chi connectivity index (χ0n) is 18.7. The lowest BCUT2D eigenvalue weighted by molar-refractivity contribution is -0.202. The number of phosphoric acid groups is 6. The lowest BCUT2D eigenvalue weighted by Crippen LogP contribution is -2.66. The van der Waals surface area contributed by atoms with Gasteiger partial charge in [-0.3, -0.25) is 27.1 Å². The fourth-order valence-corrected chi connectivity index (χ4v) is 6.14. The van der Waals surface area contributed by atoms with Crippen LogP contribution in [0.5, 0.6) is 0 Å². The summed E-state index contributed by atoms with van der Waals surface area (Å²) in [6.45, 7) is 2.65. The predicted molar refractivity (Wildman–Crippen MR) is 116 cm³/mol. The Morgan fingerprint density at radius 3 is 0.538 bits per heavy atom. The predicted octanol–water partition coefficient (Wildman–Crippen LogP) is -3.17. The fraction of sp³-hybridized carbons (Fsp3) is 1.00. The van der Waals surface area contributed by atoms with Gasteiger partial charge < -0.3 is 64.5 Å². The largest absolute Gasteiger partial charge is 0.470 e. The van der Waals surface area contributed by atoms with Crippen LogP contribution < -0.4 is 5.73 Å². The van der Waals surface area contributed by atoms with Crippen molar-refractivity contribution < 1.29 is 113 Å². The summed E-state index contributed by atoms with van der Waals surface area (Å²) in [5.41, 5.74) is 4.85. The Morgan fingerprint density at radius 1 is 0.410 bits per heavy atom. The molecule has 1 fully saturated rings. The highest BCUT2D eigenvalue weighted by molar-refractivity contribution is 7.47. The van der Waals surface area contributed by atoms with E-state index in [1.807, 2.05) is 6.92 Å². The van der Waals surface area contributed by atoms with Crippen LogP contribution in [-0.2, 0) is 54.5 Å². The van der Waals surface area contributed by atoms with Crippen molar-refractivity contribution in [1.29, 1.82) is 0 Å². The Labute approximate surface area is 216 Å². The van der Waals surface area contributed by atoms with Crippen molar-refractivity contribution in [1.82, 2.24) is 0 Å². The summed E-state index contributed by atoms with van der Waals surface area (Å²) in [5.74, 6) is 0. The second-order valence-corrected chi connectivity index (χ2v) is 13.9. The lowest BCUT2D eigenvalue weighted by Gasteiger charge is -2.48. The Kier molecular flexibility index (Phi) is 14.6. The van der Waals surface area contributed by atoms with Crippen molar-refractivity contribution in [3.05, 3.63) is 0 Å². The zero-order valence-corrected chi connectivity index (χ0v) is 24.1. The van der Waals surface area contributed by atoms with Crippen LogP contribution in [0.2, 0.25) is 0 Å². The summed E-state index contributed by atoms with van der Waals surface area (Å²) in [6.07, 6.45) is -18.9. The van der Waals surface area contributed by atoms with E-state index >= 15 is 0 Å². The molecule has 1 aliphatic rings. The van der Waals surface area contributed by atoms with Crippen LogP contribution in [0.15, 0.2) is 0 Å². The van der Waals surface area contributed by atoms with Crippen LogP contribution in [0.4, 0.5) is 0 Å². The zero-order chi connectivity index (χ0) is 31.4. The maximum Gasteiger partial charge on any atom is 0.470 e. The van der Waals surface area contributed by atoms with Gasteiger partial charge in [0.15, 0.2) is 0 Å². The molecule has 1 rings (SSSR count). The summed E-state index contributed by atoms with van der Waals surface area (Å²) in [6, 6.07) is 0. The minimum absolute atomic E-state index is 0.750. The lowest BCUT2D eigenvalue weighted by atomic mass is 9.85. The van der Waals surface area contributed by atoms with E-state index in [0.29, 0.717) is 0 Å². The molecule has 1 saturated carbocycles. The van der Waals surface area contributed by atoms with Crippen LogP contribution in [0, 0.1) is 0 Å². The third-order valence-corrected chi connectivity index (χ3v) is 6.61. The van der Waals surface area contributed by atoms with Crippen molar-refractivity contribution in [3.8, 4) is 0 Å². The van der Waals surface area contributed by atoms with Crippen molar-refractivity contribution in [2.24, 2.45) is 5.73 Å². The van der Waals surface area contributed by atoms with Gasteiger partial charge in [-0.15, -0.1) is 0 Å². The van der Waals surface area contributed by atoms with E-state index < -0.39 is 83.6 Å². The van der Waals surface area contributed by atoms with Gasteiger partial charge in [0.2, 0.25) is 0 Å². The standard InChI is InChI=1S/C6H18O24P6.C2H7N/c7-31(8,9)25-1-2(26-32(10,11)12)4(28-34(16,17)18)6(30-36(22,23)24)5(29-35(19,20)21)3(1)27-33(13,14)15;1-2-3/h1-6H,(H2,7,8,9)(H2,10,11,12)(H2,13,14,15)(H2,16,17,18)(H2,19,20,21)(H2,22,23,24);2-3H2,1H3/t1-,2-,3-,4+,5-,6-;.